The SMILES string of the molecule is COc1ccccc1N(C(C)=O)c1nc(COC(=O)c2ccccc2[N+](=O)[O-])cs1. The lowest BCUT2D eigenvalue weighted by molar-refractivity contribution is -0.385. The third kappa shape index (κ3) is 4.44. The lowest BCUT2D eigenvalue weighted by Crippen LogP contribution is -2.23. The van der Waals surface area contributed by atoms with Crippen molar-refractivity contribution in [2.45, 2.75) is 13.5 Å². The van der Waals surface area contributed by atoms with Crippen molar-refractivity contribution in [2.24, 2.45) is 0 Å². The number of nitro benzene ring substituents is 1. The van der Waals surface area contributed by atoms with Gasteiger partial charge in [0.1, 0.15) is 17.9 Å². The number of anilines is 2. The fourth-order valence-corrected chi connectivity index (χ4v) is 3.57. The van der Waals surface area contributed by atoms with Gasteiger partial charge in [0, 0.05) is 18.4 Å². The number of esters is 1. The van der Waals surface area contributed by atoms with Crippen LogP contribution >= 0.6 is 11.3 Å². The van der Waals surface area contributed by atoms with E-state index in [1.54, 1.807) is 29.6 Å². The van der Waals surface area contributed by atoms with Crippen LogP contribution in [0.3, 0.4) is 0 Å². The van der Waals surface area contributed by atoms with E-state index < -0.39 is 10.9 Å². The molecule has 30 heavy (non-hydrogen) atoms. The van der Waals surface area contributed by atoms with E-state index >= 15 is 0 Å². The van der Waals surface area contributed by atoms with Gasteiger partial charge in [0.05, 0.1) is 23.4 Å². The van der Waals surface area contributed by atoms with Crippen LogP contribution in [-0.4, -0.2) is 28.9 Å². The van der Waals surface area contributed by atoms with Gasteiger partial charge in [-0.15, -0.1) is 11.3 Å². The summed E-state index contributed by atoms with van der Waals surface area (Å²) in [6.07, 6.45) is 0. The topological polar surface area (TPSA) is 112 Å². The normalized spacial score (nSPS) is 10.3. The van der Waals surface area contributed by atoms with Gasteiger partial charge in [0.15, 0.2) is 5.13 Å². The van der Waals surface area contributed by atoms with Gasteiger partial charge in [-0.3, -0.25) is 19.8 Å². The lowest BCUT2D eigenvalue weighted by atomic mass is 10.2. The Morgan fingerprint density at radius 1 is 1.17 bits per heavy atom. The first-order chi connectivity index (χ1) is 14.4. The standard InChI is InChI=1S/C20H17N3O6S/c1-13(24)22(17-9-5-6-10-18(17)28-2)20-21-14(12-30-20)11-29-19(25)15-7-3-4-8-16(15)23(26)27/h3-10,12H,11H2,1-2H3. The minimum atomic E-state index is -0.829. The first-order valence-electron chi connectivity index (χ1n) is 8.71. The first-order valence-corrected chi connectivity index (χ1v) is 9.59. The van der Waals surface area contributed by atoms with Crippen molar-refractivity contribution in [1.29, 1.82) is 0 Å². The molecule has 1 heterocycles. The number of nitrogens with zero attached hydrogens (tertiary/aromatic N) is 3. The highest BCUT2D eigenvalue weighted by molar-refractivity contribution is 7.14. The van der Waals surface area contributed by atoms with E-state index in [0.717, 1.165) is 0 Å². The molecule has 10 heteroatoms. The summed E-state index contributed by atoms with van der Waals surface area (Å²) < 4.78 is 10.5. The Hall–Kier alpha value is -3.79. The van der Waals surface area contributed by atoms with Crippen LogP contribution in [0.1, 0.15) is 23.0 Å². The monoisotopic (exact) mass is 427 g/mol. The second-order valence-electron chi connectivity index (χ2n) is 6.00. The number of rotatable bonds is 7. The third-order valence-corrected chi connectivity index (χ3v) is 4.92. The van der Waals surface area contributed by atoms with Crippen molar-refractivity contribution in [3.8, 4) is 5.75 Å². The van der Waals surface area contributed by atoms with Crippen LogP contribution in [0.2, 0.25) is 0 Å². The number of hydrogen-bond donors (Lipinski definition) is 0. The van der Waals surface area contributed by atoms with Gasteiger partial charge in [-0.1, -0.05) is 24.3 Å². The molecule has 3 aromatic rings. The van der Waals surface area contributed by atoms with Crippen LogP contribution in [0.15, 0.2) is 53.9 Å². The lowest BCUT2D eigenvalue weighted by Gasteiger charge is -2.20. The molecule has 154 valence electrons. The highest BCUT2D eigenvalue weighted by atomic mass is 32.1. The maximum absolute atomic E-state index is 12.3. The van der Waals surface area contributed by atoms with Crippen molar-refractivity contribution in [3.05, 3.63) is 75.3 Å². The Labute approximate surface area is 175 Å². The Balaban J connectivity index is 1.78. The summed E-state index contributed by atoms with van der Waals surface area (Å²) in [6.45, 7) is 1.21. The molecule has 1 aromatic heterocycles. The summed E-state index contributed by atoms with van der Waals surface area (Å²) in [5.41, 5.74) is 0.464. The molecule has 2 aromatic carbocycles. The molecule has 0 N–H and O–H groups in total. The van der Waals surface area contributed by atoms with Crippen LogP contribution in [0.5, 0.6) is 5.75 Å². The summed E-state index contributed by atoms with van der Waals surface area (Å²) in [4.78, 5) is 40.7. The van der Waals surface area contributed by atoms with E-state index in [0.29, 0.717) is 22.3 Å². The van der Waals surface area contributed by atoms with E-state index in [1.165, 1.54) is 54.5 Å². The highest BCUT2D eigenvalue weighted by Gasteiger charge is 2.23. The maximum atomic E-state index is 12.3. The number of carbonyl (C=O) groups is 2. The van der Waals surface area contributed by atoms with Gasteiger partial charge < -0.3 is 9.47 Å². The quantitative estimate of drug-likeness (QED) is 0.317. The van der Waals surface area contributed by atoms with Gasteiger partial charge in [-0.05, 0) is 18.2 Å². The molecule has 0 radical (unpaired) electrons. The van der Waals surface area contributed by atoms with Crippen LogP contribution in [0.4, 0.5) is 16.5 Å². The summed E-state index contributed by atoms with van der Waals surface area (Å²) in [5, 5.41) is 13.1. The minimum absolute atomic E-state index is 0.141. The molecule has 0 fully saturated rings. The van der Waals surface area contributed by atoms with Gasteiger partial charge >= 0.3 is 5.97 Å². The van der Waals surface area contributed by atoms with E-state index in [2.05, 4.69) is 4.98 Å². The highest BCUT2D eigenvalue weighted by Crippen LogP contribution is 2.35. The molecule has 1 amide bonds. The first kappa shape index (κ1) is 20.9. The maximum Gasteiger partial charge on any atom is 0.345 e. The number of ether oxygens (including phenoxy) is 2. The van der Waals surface area contributed by atoms with Crippen molar-refractivity contribution >= 4 is 39.7 Å². The number of methoxy groups -OCH3 is 1. The summed E-state index contributed by atoms with van der Waals surface area (Å²) >= 11 is 1.19. The Morgan fingerprint density at radius 3 is 2.57 bits per heavy atom. The molecule has 0 unspecified atom stereocenters. The molecular weight excluding hydrogens is 410 g/mol. The average Bonchev–Trinajstić information content (AvgIpc) is 3.20. The summed E-state index contributed by atoms with van der Waals surface area (Å²) in [6, 6.07) is 12.6. The van der Waals surface area contributed by atoms with E-state index in [4.69, 9.17) is 9.47 Å². The number of aromatic nitrogens is 1. The molecule has 0 saturated heterocycles. The van der Waals surface area contributed by atoms with Crippen LogP contribution < -0.4 is 9.64 Å². The molecule has 3 rings (SSSR count). The smallest absolute Gasteiger partial charge is 0.345 e. The Kier molecular flexibility index (Phi) is 6.38. The summed E-state index contributed by atoms with van der Waals surface area (Å²) in [7, 11) is 1.51. The van der Waals surface area contributed by atoms with E-state index in [9.17, 15) is 19.7 Å². The molecule has 0 aliphatic carbocycles. The van der Waals surface area contributed by atoms with E-state index in [1.807, 2.05) is 0 Å². The second-order valence-corrected chi connectivity index (χ2v) is 6.83. The number of thiazole rings is 1. The number of benzene rings is 2. The number of nitro groups is 1. The van der Waals surface area contributed by atoms with Gasteiger partial charge in [0.2, 0.25) is 5.91 Å². The van der Waals surface area contributed by atoms with Gasteiger partial charge in [0.25, 0.3) is 5.69 Å². The van der Waals surface area contributed by atoms with Gasteiger partial charge in [-0.2, -0.15) is 0 Å². The fraction of sp³-hybridized carbons (Fsp3) is 0.150. The van der Waals surface area contributed by atoms with Crippen LogP contribution in [0, 0.1) is 10.1 Å². The molecule has 9 nitrogen and oxygen atoms in total. The molecule has 0 aliphatic heterocycles. The molecule has 0 aliphatic rings. The van der Waals surface area contributed by atoms with Crippen molar-refractivity contribution in [2.75, 3.05) is 12.0 Å². The van der Waals surface area contributed by atoms with Crippen LogP contribution in [0.25, 0.3) is 0 Å². The molecular formula is C20H17N3O6S. The zero-order chi connectivity index (χ0) is 21.7. The minimum Gasteiger partial charge on any atom is -0.495 e. The fourth-order valence-electron chi connectivity index (χ4n) is 2.71. The van der Waals surface area contributed by atoms with Gasteiger partial charge in [-0.25, -0.2) is 9.78 Å². The van der Waals surface area contributed by atoms with E-state index in [-0.39, 0.29) is 23.8 Å². The number of para-hydroxylation sites is 3. The number of amides is 1. The second kappa shape index (κ2) is 9.14. The number of carbonyl (C=O) groups excluding carboxylic acids is 2. The predicted octanol–water partition coefficient (Wildman–Crippen LogP) is 4.10. The molecule has 0 saturated carbocycles. The largest absolute Gasteiger partial charge is 0.495 e. The van der Waals surface area contributed by atoms with Crippen molar-refractivity contribution < 1.29 is 24.0 Å². The predicted molar refractivity (Wildman–Crippen MR) is 110 cm³/mol. The van der Waals surface area contributed by atoms with Crippen LogP contribution in [-0.2, 0) is 16.1 Å². The average molecular weight is 427 g/mol. The zero-order valence-electron chi connectivity index (χ0n) is 16.1. The summed E-state index contributed by atoms with van der Waals surface area (Å²) in [5.74, 6) is -0.588. The Bertz CT molecular complexity index is 1100. The zero-order valence-corrected chi connectivity index (χ0v) is 16.9. The molecule has 0 bridgehead atoms. The van der Waals surface area contributed by atoms with Crippen molar-refractivity contribution in [1.82, 2.24) is 4.98 Å². The third-order valence-electron chi connectivity index (χ3n) is 4.04. The van der Waals surface area contributed by atoms with Crippen molar-refractivity contribution in [3.63, 3.8) is 0 Å². The molecule has 0 atom stereocenters. The Morgan fingerprint density at radius 2 is 1.87 bits per heavy atom. The number of hydrogen-bond acceptors (Lipinski definition) is 8. The molecule has 0 spiro atoms.